The quantitative estimate of drug-likeness (QED) is 0.380. The lowest BCUT2D eigenvalue weighted by Gasteiger charge is -2.14. The van der Waals surface area contributed by atoms with Gasteiger partial charge in [0.2, 0.25) is 0 Å². The summed E-state index contributed by atoms with van der Waals surface area (Å²) >= 11 is 6.54. The van der Waals surface area contributed by atoms with Gasteiger partial charge in [-0.15, -0.1) is 0 Å². The molecule has 8 heteroatoms. The maximum atomic E-state index is 12.7. The van der Waals surface area contributed by atoms with Gasteiger partial charge in [-0.3, -0.25) is 14.5 Å². The van der Waals surface area contributed by atoms with Crippen molar-refractivity contribution in [3.8, 4) is 11.5 Å². The van der Waals surface area contributed by atoms with Crippen LogP contribution in [0.1, 0.15) is 25.3 Å². The number of nitrogens with zero attached hydrogens (tertiary/aromatic N) is 1. The highest BCUT2D eigenvalue weighted by Gasteiger charge is 2.32. The van der Waals surface area contributed by atoms with Crippen molar-refractivity contribution in [3.63, 3.8) is 0 Å². The number of esters is 1. The molecule has 0 bridgehead atoms. The Morgan fingerprint density at radius 2 is 2.12 bits per heavy atom. The van der Waals surface area contributed by atoms with E-state index in [0.29, 0.717) is 40.3 Å². The number of hydrogen-bond donors (Lipinski definition) is 0. The summed E-state index contributed by atoms with van der Waals surface area (Å²) in [6.07, 6.45) is 2.50. The summed E-state index contributed by atoms with van der Waals surface area (Å²) in [6.45, 7) is 2.75. The molecule has 1 fully saturated rings. The van der Waals surface area contributed by atoms with E-state index in [1.807, 2.05) is 19.1 Å². The Kier molecular flexibility index (Phi) is 7.47. The molecule has 0 saturated carbocycles. The molecule has 1 aliphatic rings. The smallest absolute Gasteiger partial charge is 0.305 e. The number of carbonyl (C=O) groups is 2. The molecule has 6 nitrogen and oxygen atoms in total. The van der Waals surface area contributed by atoms with Crippen LogP contribution in [0.2, 0.25) is 0 Å². The van der Waals surface area contributed by atoms with Crippen LogP contribution in [-0.2, 0) is 14.3 Å². The third-order valence-corrected chi connectivity index (χ3v) is 5.05. The molecule has 140 valence electrons. The summed E-state index contributed by atoms with van der Waals surface area (Å²) < 4.78 is 16.1. The number of amides is 1. The first-order chi connectivity index (χ1) is 12.5. The largest absolute Gasteiger partial charge is 0.493 e. The van der Waals surface area contributed by atoms with Crippen molar-refractivity contribution in [2.45, 2.75) is 19.8 Å². The highest BCUT2D eigenvalue weighted by atomic mass is 32.2. The normalized spacial score (nSPS) is 15.5. The molecule has 26 heavy (non-hydrogen) atoms. The van der Waals surface area contributed by atoms with Crippen molar-refractivity contribution < 1.29 is 23.8 Å². The van der Waals surface area contributed by atoms with Gasteiger partial charge in [0.1, 0.15) is 4.32 Å². The Bertz CT molecular complexity index is 732. The number of methoxy groups -OCH3 is 2. The summed E-state index contributed by atoms with van der Waals surface area (Å²) in [4.78, 5) is 25.9. The molecule has 0 atom stereocenters. The summed E-state index contributed by atoms with van der Waals surface area (Å²) in [5, 5.41) is 0. The van der Waals surface area contributed by atoms with E-state index in [9.17, 15) is 9.59 Å². The van der Waals surface area contributed by atoms with Gasteiger partial charge in [0, 0.05) is 18.5 Å². The fourth-order valence-corrected chi connectivity index (χ4v) is 3.72. The lowest BCUT2D eigenvalue weighted by molar-refractivity contribution is -0.141. The van der Waals surface area contributed by atoms with Gasteiger partial charge in [0.15, 0.2) is 11.5 Å². The molecule has 1 aromatic rings. The van der Waals surface area contributed by atoms with Gasteiger partial charge in [-0.25, -0.2) is 0 Å². The van der Waals surface area contributed by atoms with Crippen LogP contribution in [0.4, 0.5) is 0 Å². The number of hydrogen-bond acceptors (Lipinski definition) is 7. The van der Waals surface area contributed by atoms with E-state index >= 15 is 0 Å². The fraction of sp³-hybridized carbons (Fsp3) is 0.389. The third kappa shape index (κ3) is 4.76. The van der Waals surface area contributed by atoms with Crippen LogP contribution in [0.3, 0.4) is 0 Å². The van der Waals surface area contributed by atoms with Crippen LogP contribution in [0.25, 0.3) is 6.08 Å². The van der Waals surface area contributed by atoms with E-state index < -0.39 is 0 Å². The molecule has 1 aromatic carbocycles. The second kappa shape index (κ2) is 9.59. The van der Waals surface area contributed by atoms with Crippen molar-refractivity contribution in [1.82, 2.24) is 4.90 Å². The van der Waals surface area contributed by atoms with E-state index in [1.54, 1.807) is 19.3 Å². The first-order valence-electron chi connectivity index (χ1n) is 8.13. The number of benzene rings is 1. The molecule has 2 rings (SSSR count). The van der Waals surface area contributed by atoms with Crippen molar-refractivity contribution in [1.29, 1.82) is 0 Å². The van der Waals surface area contributed by atoms with Crippen molar-refractivity contribution >= 4 is 46.3 Å². The number of para-hydroxylation sites is 1. The number of rotatable bonds is 8. The molecular formula is C18H21NO5S2. The minimum atomic E-state index is -0.302. The molecule has 0 aromatic heterocycles. The summed E-state index contributed by atoms with van der Waals surface area (Å²) in [7, 11) is 2.91. The van der Waals surface area contributed by atoms with E-state index in [1.165, 1.54) is 23.8 Å². The Hall–Kier alpha value is -2.06. The van der Waals surface area contributed by atoms with Crippen LogP contribution in [-0.4, -0.2) is 48.5 Å². The van der Waals surface area contributed by atoms with Crippen molar-refractivity contribution in [2.75, 3.05) is 27.4 Å². The highest BCUT2D eigenvalue weighted by Crippen LogP contribution is 2.37. The fourth-order valence-electron chi connectivity index (χ4n) is 2.42. The predicted octanol–water partition coefficient (Wildman–Crippen LogP) is 3.25. The van der Waals surface area contributed by atoms with Crippen LogP contribution >= 0.6 is 24.0 Å². The minimum absolute atomic E-state index is 0.171. The second-order valence-electron chi connectivity index (χ2n) is 5.32. The van der Waals surface area contributed by atoms with Crippen LogP contribution in [0.15, 0.2) is 23.1 Å². The summed E-state index contributed by atoms with van der Waals surface area (Å²) in [5.74, 6) is 0.724. The van der Waals surface area contributed by atoms with Gasteiger partial charge in [0.05, 0.1) is 25.7 Å². The number of carbonyl (C=O) groups excluding carboxylic acids is 2. The average Bonchev–Trinajstić information content (AvgIpc) is 2.90. The molecule has 0 N–H and O–H groups in total. The lowest BCUT2D eigenvalue weighted by Crippen LogP contribution is -2.29. The first-order valence-corrected chi connectivity index (χ1v) is 9.36. The zero-order chi connectivity index (χ0) is 19.1. The van der Waals surface area contributed by atoms with Gasteiger partial charge in [0.25, 0.3) is 5.91 Å². The lowest BCUT2D eigenvalue weighted by atomic mass is 10.1. The van der Waals surface area contributed by atoms with Crippen molar-refractivity contribution in [3.05, 3.63) is 28.7 Å². The molecule has 0 aliphatic carbocycles. The van der Waals surface area contributed by atoms with Gasteiger partial charge in [-0.1, -0.05) is 36.1 Å². The topological polar surface area (TPSA) is 65.1 Å². The van der Waals surface area contributed by atoms with E-state index in [2.05, 4.69) is 4.74 Å². The average molecular weight is 396 g/mol. The van der Waals surface area contributed by atoms with Gasteiger partial charge >= 0.3 is 5.97 Å². The maximum absolute atomic E-state index is 12.7. The molecule has 0 spiro atoms. The Morgan fingerprint density at radius 1 is 1.35 bits per heavy atom. The molecule has 1 heterocycles. The SMILES string of the molecule is CCOc1c(/C=C2\SC(=S)N(CCCC(=O)OC)C2=O)cccc1OC. The van der Waals surface area contributed by atoms with Crippen LogP contribution in [0, 0.1) is 0 Å². The van der Waals surface area contributed by atoms with Gasteiger partial charge < -0.3 is 14.2 Å². The first kappa shape index (κ1) is 20.3. The van der Waals surface area contributed by atoms with E-state index in [4.69, 9.17) is 21.7 Å². The summed E-state index contributed by atoms with van der Waals surface area (Å²) in [6, 6.07) is 5.50. The number of ether oxygens (including phenoxy) is 3. The zero-order valence-corrected chi connectivity index (χ0v) is 16.6. The Labute approximate surface area is 162 Å². The Morgan fingerprint density at radius 3 is 2.77 bits per heavy atom. The van der Waals surface area contributed by atoms with Crippen LogP contribution in [0.5, 0.6) is 11.5 Å². The summed E-state index contributed by atoms with van der Waals surface area (Å²) in [5.41, 5.74) is 0.751. The highest BCUT2D eigenvalue weighted by molar-refractivity contribution is 8.26. The predicted molar refractivity (Wildman–Crippen MR) is 105 cm³/mol. The standard InChI is InChI=1S/C18H21NO5S2/c1-4-24-16-12(7-5-8-13(16)22-2)11-14-17(21)19(18(25)26-14)10-6-9-15(20)23-3/h5,7-8,11H,4,6,9-10H2,1-3H3/b14-11-. The van der Waals surface area contributed by atoms with Crippen LogP contribution < -0.4 is 9.47 Å². The molecule has 0 unspecified atom stereocenters. The second-order valence-corrected chi connectivity index (χ2v) is 7.00. The van der Waals surface area contributed by atoms with E-state index in [-0.39, 0.29) is 18.3 Å². The third-order valence-electron chi connectivity index (χ3n) is 3.67. The van der Waals surface area contributed by atoms with Gasteiger partial charge in [-0.2, -0.15) is 0 Å². The Balaban J connectivity index is 2.18. The monoisotopic (exact) mass is 395 g/mol. The van der Waals surface area contributed by atoms with E-state index in [0.717, 1.165) is 5.56 Å². The molecule has 1 aliphatic heterocycles. The minimum Gasteiger partial charge on any atom is -0.493 e. The molecule has 1 saturated heterocycles. The van der Waals surface area contributed by atoms with Crippen molar-refractivity contribution in [2.24, 2.45) is 0 Å². The number of thiocarbonyl (C=S) groups is 1. The number of thioether (sulfide) groups is 1. The van der Waals surface area contributed by atoms with Gasteiger partial charge in [-0.05, 0) is 25.5 Å². The molecule has 1 amide bonds. The molecular weight excluding hydrogens is 374 g/mol. The maximum Gasteiger partial charge on any atom is 0.305 e. The molecule has 0 radical (unpaired) electrons. The zero-order valence-electron chi connectivity index (χ0n) is 14.9.